The minimum atomic E-state index is -1.14. The fourth-order valence-corrected chi connectivity index (χ4v) is 3.83. The van der Waals surface area contributed by atoms with E-state index in [0.717, 1.165) is 0 Å². The normalized spacial score (nSPS) is 18.4. The third-order valence-corrected chi connectivity index (χ3v) is 5.18. The fourth-order valence-electron chi connectivity index (χ4n) is 1.62. The largest absolute Gasteiger partial charge is 0.104 e. The average molecular weight is 160 g/mol. The minimum absolute atomic E-state index is 1.14. The molecule has 1 aliphatic heterocycles. The minimum Gasteiger partial charge on any atom is -0.0897 e. The first kappa shape index (κ1) is 6.86. The maximum atomic E-state index is 2.40. The van der Waals surface area contributed by atoms with Gasteiger partial charge in [-0.25, -0.2) is 0 Å². The van der Waals surface area contributed by atoms with Crippen LogP contribution in [-0.2, 0) is 0 Å². The summed E-state index contributed by atoms with van der Waals surface area (Å²) < 4.78 is 0. The van der Waals surface area contributed by atoms with Crippen molar-refractivity contribution in [1.82, 2.24) is 0 Å². The Morgan fingerprint density at radius 2 is 1.82 bits per heavy atom. The standard InChI is InChI=1S/C10H12Si/c1-11(2)8-7-9-5-3-4-6-10(9)11/h3-8H,1-2H3. The van der Waals surface area contributed by atoms with Crippen LogP contribution in [-0.4, -0.2) is 8.07 Å². The zero-order valence-corrected chi connectivity index (χ0v) is 7.96. The van der Waals surface area contributed by atoms with Crippen LogP contribution < -0.4 is 5.19 Å². The molecule has 56 valence electrons. The van der Waals surface area contributed by atoms with Crippen molar-refractivity contribution in [3.63, 3.8) is 0 Å². The Balaban J connectivity index is 2.64. The lowest BCUT2D eigenvalue weighted by Crippen LogP contribution is -2.37. The van der Waals surface area contributed by atoms with Gasteiger partial charge in [0.25, 0.3) is 0 Å². The topological polar surface area (TPSA) is 0 Å². The molecule has 0 radical (unpaired) electrons. The summed E-state index contributed by atoms with van der Waals surface area (Å²) in [6.45, 7) is 4.77. The molecule has 0 spiro atoms. The Morgan fingerprint density at radius 1 is 1.09 bits per heavy atom. The lowest BCUT2D eigenvalue weighted by atomic mass is 10.2. The van der Waals surface area contributed by atoms with Gasteiger partial charge in [-0.15, -0.1) is 0 Å². The number of rotatable bonds is 0. The summed E-state index contributed by atoms with van der Waals surface area (Å²) in [5.41, 5.74) is 3.83. The molecular weight excluding hydrogens is 148 g/mol. The molecule has 0 fully saturated rings. The first-order valence-electron chi connectivity index (χ1n) is 3.99. The molecule has 1 aliphatic rings. The quantitative estimate of drug-likeness (QED) is 0.510. The molecule has 0 aliphatic carbocycles. The van der Waals surface area contributed by atoms with E-state index in [1.807, 2.05) is 0 Å². The van der Waals surface area contributed by atoms with Crippen molar-refractivity contribution in [2.24, 2.45) is 0 Å². The Kier molecular flexibility index (Phi) is 1.30. The van der Waals surface area contributed by atoms with Crippen molar-refractivity contribution in [3.05, 3.63) is 35.5 Å². The van der Waals surface area contributed by atoms with Crippen molar-refractivity contribution in [2.75, 3.05) is 0 Å². The van der Waals surface area contributed by atoms with Crippen molar-refractivity contribution in [3.8, 4) is 0 Å². The molecule has 1 heteroatoms. The molecule has 0 saturated heterocycles. The van der Waals surface area contributed by atoms with Gasteiger partial charge in [0.2, 0.25) is 0 Å². The predicted octanol–water partition coefficient (Wildman–Crippen LogP) is 2.17. The van der Waals surface area contributed by atoms with Crippen LogP contribution in [0.3, 0.4) is 0 Å². The van der Waals surface area contributed by atoms with E-state index in [0.29, 0.717) is 0 Å². The van der Waals surface area contributed by atoms with E-state index in [9.17, 15) is 0 Å². The highest BCUT2D eigenvalue weighted by Crippen LogP contribution is 2.17. The number of fused-ring (bicyclic) bond motifs is 1. The molecule has 0 saturated carbocycles. The maximum absolute atomic E-state index is 2.40. The number of benzene rings is 1. The van der Waals surface area contributed by atoms with Crippen LogP contribution in [0.5, 0.6) is 0 Å². The molecule has 11 heavy (non-hydrogen) atoms. The average Bonchev–Trinajstić information content (AvgIpc) is 2.29. The monoisotopic (exact) mass is 160 g/mol. The Hall–Kier alpha value is -0.823. The van der Waals surface area contributed by atoms with E-state index in [4.69, 9.17) is 0 Å². The van der Waals surface area contributed by atoms with Gasteiger partial charge in [0.1, 0.15) is 8.07 Å². The highest BCUT2D eigenvalue weighted by Gasteiger charge is 2.25. The molecule has 0 bridgehead atoms. The Labute approximate surface area is 68.6 Å². The number of hydrogen-bond donors (Lipinski definition) is 0. The molecule has 0 nitrogen and oxygen atoms in total. The molecule has 0 aromatic heterocycles. The second-order valence-electron chi connectivity index (χ2n) is 3.64. The summed E-state index contributed by atoms with van der Waals surface area (Å²) in [7, 11) is -1.14. The zero-order chi connectivity index (χ0) is 7.90. The van der Waals surface area contributed by atoms with Crippen molar-refractivity contribution in [1.29, 1.82) is 0 Å². The summed E-state index contributed by atoms with van der Waals surface area (Å²) in [5.74, 6) is 0. The van der Waals surface area contributed by atoms with Crippen LogP contribution in [0, 0.1) is 0 Å². The lowest BCUT2D eigenvalue weighted by molar-refractivity contribution is 1.70. The van der Waals surface area contributed by atoms with Gasteiger partial charge in [-0.3, -0.25) is 0 Å². The maximum Gasteiger partial charge on any atom is 0.104 e. The van der Waals surface area contributed by atoms with Gasteiger partial charge < -0.3 is 0 Å². The van der Waals surface area contributed by atoms with E-state index in [2.05, 4.69) is 49.1 Å². The van der Waals surface area contributed by atoms with Gasteiger partial charge in [0, 0.05) is 0 Å². The zero-order valence-electron chi connectivity index (χ0n) is 6.96. The predicted molar refractivity (Wildman–Crippen MR) is 52.6 cm³/mol. The van der Waals surface area contributed by atoms with Gasteiger partial charge in [0.15, 0.2) is 0 Å². The van der Waals surface area contributed by atoms with Crippen molar-refractivity contribution in [2.45, 2.75) is 13.1 Å². The van der Waals surface area contributed by atoms with Crippen LogP contribution >= 0.6 is 0 Å². The second kappa shape index (κ2) is 2.08. The van der Waals surface area contributed by atoms with Crippen LogP contribution in [0.25, 0.3) is 6.08 Å². The van der Waals surface area contributed by atoms with Crippen molar-refractivity contribution >= 4 is 19.3 Å². The van der Waals surface area contributed by atoms with Gasteiger partial charge >= 0.3 is 0 Å². The van der Waals surface area contributed by atoms with E-state index in [1.54, 1.807) is 5.19 Å². The van der Waals surface area contributed by atoms with Crippen molar-refractivity contribution < 1.29 is 0 Å². The van der Waals surface area contributed by atoms with Crippen LogP contribution in [0.4, 0.5) is 0 Å². The molecule has 1 aromatic rings. The third kappa shape index (κ3) is 0.961. The van der Waals surface area contributed by atoms with Crippen LogP contribution in [0.15, 0.2) is 30.0 Å². The SMILES string of the molecule is C[Si]1(C)C=Cc2ccccc21. The molecule has 0 amide bonds. The second-order valence-corrected chi connectivity index (χ2v) is 7.96. The van der Waals surface area contributed by atoms with Gasteiger partial charge in [-0.1, -0.05) is 49.1 Å². The van der Waals surface area contributed by atoms with Crippen LogP contribution in [0.2, 0.25) is 13.1 Å². The summed E-state index contributed by atoms with van der Waals surface area (Å²) in [6.07, 6.45) is 2.27. The van der Waals surface area contributed by atoms with Gasteiger partial charge in [-0.2, -0.15) is 0 Å². The Bertz CT molecular complexity index is 310. The summed E-state index contributed by atoms with van der Waals surface area (Å²) in [6, 6.07) is 8.72. The van der Waals surface area contributed by atoms with Crippen LogP contribution in [0.1, 0.15) is 5.56 Å². The fraction of sp³-hybridized carbons (Fsp3) is 0.200. The first-order chi connectivity index (χ1) is 5.20. The highest BCUT2D eigenvalue weighted by molar-refractivity contribution is 6.96. The molecule has 0 N–H and O–H groups in total. The smallest absolute Gasteiger partial charge is 0.0897 e. The molecule has 0 atom stereocenters. The summed E-state index contributed by atoms with van der Waals surface area (Å²) in [5, 5.41) is 1.58. The lowest BCUT2D eigenvalue weighted by Gasteiger charge is -2.14. The molecule has 0 unspecified atom stereocenters. The first-order valence-corrected chi connectivity index (χ1v) is 7.07. The van der Waals surface area contributed by atoms with Gasteiger partial charge in [0.05, 0.1) is 0 Å². The van der Waals surface area contributed by atoms with E-state index >= 15 is 0 Å². The summed E-state index contributed by atoms with van der Waals surface area (Å²) in [4.78, 5) is 0. The number of hydrogen-bond acceptors (Lipinski definition) is 0. The molecule has 2 rings (SSSR count). The molecular formula is C10H12Si. The van der Waals surface area contributed by atoms with Gasteiger partial charge in [-0.05, 0) is 10.8 Å². The highest BCUT2D eigenvalue weighted by atomic mass is 28.3. The van der Waals surface area contributed by atoms with E-state index in [-0.39, 0.29) is 0 Å². The summed E-state index contributed by atoms with van der Waals surface area (Å²) >= 11 is 0. The van der Waals surface area contributed by atoms with E-state index < -0.39 is 8.07 Å². The molecule has 1 aromatic carbocycles. The van der Waals surface area contributed by atoms with E-state index in [1.165, 1.54) is 5.56 Å². The molecule has 1 heterocycles. The Morgan fingerprint density at radius 3 is 2.55 bits per heavy atom. The third-order valence-electron chi connectivity index (χ3n) is 2.33.